The summed E-state index contributed by atoms with van der Waals surface area (Å²) < 4.78 is 1.42. The summed E-state index contributed by atoms with van der Waals surface area (Å²) in [5, 5.41) is 20.5. The molecule has 178 valence electrons. The van der Waals surface area contributed by atoms with Gasteiger partial charge >= 0.3 is 5.97 Å². The second-order valence-corrected chi connectivity index (χ2v) is 5.78. The third kappa shape index (κ3) is 14.2. The van der Waals surface area contributed by atoms with E-state index in [1.807, 2.05) is 6.07 Å². The molecule has 0 bridgehead atoms. The van der Waals surface area contributed by atoms with Crippen molar-refractivity contribution in [2.24, 2.45) is 0 Å². The van der Waals surface area contributed by atoms with Crippen LogP contribution in [0.4, 0.5) is 0 Å². The molecule has 0 unspecified atom stereocenters. The van der Waals surface area contributed by atoms with Crippen LogP contribution in [0.5, 0.6) is 0 Å². The summed E-state index contributed by atoms with van der Waals surface area (Å²) in [5.74, 6) is -2.88. The SMILES string of the molecule is [C-]=O.[C-]=O.[C-]=O.[NH-][C@@H](Cc1cn(CC(=O)N[C@@H](Cc2ccccc2)C(=O)O)cn1)C(=O)O.[Re]. The van der Waals surface area contributed by atoms with Crippen molar-refractivity contribution < 1.29 is 59.4 Å². The Morgan fingerprint density at radius 2 is 1.52 bits per heavy atom. The smallest absolute Gasteiger partial charge is 0.326 e. The van der Waals surface area contributed by atoms with Gasteiger partial charge in [-0.3, -0.25) is 9.59 Å². The fourth-order valence-electron chi connectivity index (χ4n) is 2.35. The Morgan fingerprint density at radius 1 is 0.970 bits per heavy atom. The summed E-state index contributed by atoms with van der Waals surface area (Å²) in [7, 11) is 0. The zero-order chi connectivity index (χ0) is 25.1. The van der Waals surface area contributed by atoms with Crippen LogP contribution in [0, 0.1) is 0 Å². The number of benzene rings is 1. The van der Waals surface area contributed by atoms with E-state index < -0.39 is 29.9 Å². The van der Waals surface area contributed by atoms with E-state index in [-0.39, 0.29) is 39.8 Å². The molecule has 4 N–H and O–H groups in total. The number of carboxylic acids is 2. The van der Waals surface area contributed by atoms with E-state index in [4.69, 9.17) is 25.2 Å². The first kappa shape index (κ1) is 34.1. The minimum Gasteiger partial charge on any atom is -0.665 e. The zero-order valence-electron chi connectivity index (χ0n) is 16.9. The molecule has 2 atom stereocenters. The van der Waals surface area contributed by atoms with Crippen LogP contribution in [-0.4, -0.2) is 70.1 Å². The molecule has 12 nitrogen and oxygen atoms in total. The van der Waals surface area contributed by atoms with Gasteiger partial charge in [0.25, 0.3) is 5.97 Å². The van der Waals surface area contributed by atoms with Crippen LogP contribution < -0.4 is 5.32 Å². The van der Waals surface area contributed by atoms with E-state index >= 15 is 0 Å². The first-order valence-electron chi connectivity index (χ1n) is 8.47. The number of nitrogens with one attached hydrogen (secondary N) is 2. The molecule has 2 rings (SSSR count). The molecule has 4 radical (unpaired) electrons. The number of carbonyl (C=O) groups excluding carboxylic acids is 4. The number of hydrogen-bond acceptors (Lipinski definition) is 7. The van der Waals surface area contributed by atoms with Crippen molar-refractivity contribution >= 4 is 38.2 Å². The van der Waals surface area contributed by atoms with Crippen molar-refractivity contribution in [3.05, 3.63) is 59.8 Å². The molecule has 1 amide bonds. The number of carbonyl (C=O) groups is 3. The number of imidazole rings is 1. The van der Waals surface area contributed by atoms with Crippen LogP contribution >= 0.6 is 0 Å². The average molecular weight is 630 g/mol. The molecular weight excluding hydrogens is 610 g/mol. The van der Waals surface area contributed by atoms with Crippen LogP contribution in [0.3, 0.4) is 0 Å². The molecule has 1 aromatic carbocycles. The molecule has 0 fully saturated rings. The minimum absolute atomic E-state index is 0. The minimum atomic E-state index is -1.32. The topological polar surface area (TPSA) is 197 Å². The summed E-state index contributed by atoms with van der Waals surface area (Å²) in [6.07, 6.45) is 2.90. The van der Waals surface area contributed by atoms with Crippen LogP contribution in [0.2, 0.25) is 0 Å². The second-order valence-electron chi connectivity index (χ2n) is 5.78. The van der Waals surface area contributed by atoms with Crippen LogP contribution in [-0.2, 0) is 68.6 Å². The number of rotatable bonds is 9. The van der Waals surface area contributed by atoms with Gasteiger partial charge in [-0.2, -0.15) is 0 Å². The monoisotopic (exact) mass is 630 g/mol. The maximum absolute atomic E-state index is 12.1. The molecular formula is C20H19N4O8Re-4. The predicted molar refractivity (Wildman–Crippen MR) is 108 cm³/mol. The van der Waals surface area contributed by atoms with E-state index in [0.717, 1.165) is 5.56 Å². The van der Waals surface area contributed by atoms with Gasteiger partial charge in [-0.05, 0) is 18.0 Å². The zero-order valence-corrected chi connectivity index (χ0v) is 19.6. The maximum atomic E-state index is 12.1. The molecule has 0 saturated heterocycles. The van der Waals surface area contributed by atoms with E-state index in [9.17, 15) is 19.5 Å². The third-order valence-electron chi connectivity index (χ3n) is 3.64. The van der Waals surface area contributed by atoms with Crippen molar-refractivity contribution in [2.45, 2.75) is 31.5 Å². The van der Waals surface area contributed by atoms with Crippen molar-refractivity contribution in [3.63, 3.8) is 0 Å². The number of carboxylic acid groups (broad SMARTS) is 2. The van der Waals surface area contributed by atoms with Crippen molar-refractivity contribution in [3.8, 4) is 0 Å². The summed E-state index contributed by atoms with van der Waals surface area (Å²) in [6.45, 7) is 13.3. The van der Waals surface area contributed by atoms with Gasteiger partial charge < -0.3 is 60.6 Å². The Hall–Kier alpha value is -3.53. The van der Waals surface area contributed by atoms with E-state index in [2.05, 4.69) is 30.7 Å². The number of hydrogen-bond donors (Lipinski definition) is 3. The van der Waals surface area contributed by atoms with Gasteiger partial charge in [0, 0.05) is 33.0 Å². The molecule has 2 aromatic rings. The number of amides is 1. The first-order valence-corrected chi connectivity index (χ1v) is 8.47. The molecule has 13 heteroatoms. The molecule has 1 heterocycles. The average Bonchev–Trinajstić information content (AvgIpc) is 3.24. The van der Waals surface area contributed by atoms with E-state index in [1.165, 1.54) is 17.1 Å². The molecule has 0 saturated carbocycles. The van der Waals surface area contributed by atoms with Crippen molar-refractivity contribution in [2.75, 3.05) is 0 Å². The van der Waals surface area contributed by atoms with Gasteiger partial charge in [0.05, 0.1) is 12.0 Å². The van der Waals surface area contributed by atoms with Crippen LogP contribution in [0.15, 0.2) is 42.9 Å². The van der Waals surface area contributed by atoms with Gasteiger partial charge in [-0.15, -0.1) is 0 Å². The maximum Gasteiger partial charge on any atom is 0.326 e. The molecule has 33 heavy (non-hydrogen) atoms. The van der Waals surface area contributed by atoms with Gasteiger partial charge in [-0.25, -0.2) is 9.78 Å². The normalized spacial score (nSPS) is 10.6. The second kappa shape index (κ2) is 20.4. The molecule has 0 aliphatic rings. The summed E-state index contributed by atoms with van der Waals surface area (Å²) in [6, 6.07) is 6.58. The Balaban J connectivity index is -0.00000119. The summed E-state index contributed by atoms with van der Waals surface area (Å²) in [4.78, 5) is 60.6. The number of aromatic nitrogens is 2. The Bertz CT molecular complexity index is 830. The number of nitrogens with zero attached hydrogens (tertiary/aromatic N) is 2. The van der Waals surface area contributed by atoms with E-state index in [1.54, 1.807) is 24.3 Å². The largest absolute Gasteiger partial charge is 0.665 e. The fourth-order valence-corrected chi connectivity index (χ4v) is 2.35. The molecule has 0 spiro atoms. The Labute approximate surface area is 203 Å². The number of aliphatic carboxylic acids is 2. The quantitative estimate of drug-likeness (QED) is 0.308. The predicted octanol–water partition coefficient (Wildman–Crippen LogP) is -0.451. The molecule has 0 aliphatic carbocycles. The van der Waals surface area contributed by atoms with Crippen molar-refractivity contribution in [1.29, 1.82) is 0 Å². The standard InChI is InChI=1S/C17H19N4O5.3CO.Re/c18-13(16(23)24)7-12-8-21(10-19-12)9-15(22)20-14(17(25)26)6-11-4-2-1-3-5-11;3*1-2;/h1-5,8,10,13-14,18H,6-7,9H2,(H,20,22)(H,23,24)(H,25,26);;;;/q4*-1;/t13-,14-;;;;/m0..../s1. The molecule has 0 aliphatic heterocycles. The summed E-state index contributed by atoms with van der Waals surface area (Å²) in [5.41, 5.74) is 8.53. The third-order valence-corrected chi connectivity index (χ3v) is 3.64. The van der Waals surface area contributed by atoms with Gasteiger partial charge in [0.1, 0.15) is 12.6 Å². The van der Waals surface area contributed by atoms with Gasteiger partial charge in [-0.1, -0.05) is 30.3 Å². The van der Waals surface area contributed by atoms with Crippen LogP contribution in [0.1, 0.15) is 11.3 Å². The van der Waals surface area contributed by atoms with Crippen LogP contribution in [0.25, 0.3) is 5.73 Å². The van der Waals surface area contributed by atoms with Gasteiger partial charge in [0.15, 0.2) is 0 Å². The van der Waals surface area contributed by atoms with Crippen molar-refractivity contribution in [1.82, 2.24) is 14.9 Å². The first-order chi connectivity index (χ1) is 15.3. The summed E-state index contributed by atoms with van der Waals surface area (Å²) >= 11 is 0. The van der Waals surface area contributed by atoms with E-state index in [0.29, 0.717) is 5.69 Å². The Morgan fingerprint density at radius 3 is 2.00 bits per heavy atom. The molecule has 1 aromatic heterocycles. The van der Waals surface area contributed by atoms with Gasteiger partial charge in [0.2, 0.25) is 5.91 Å². The Kier molecular flexibility index (Phi) is 21.1. The fraction of sp³-hybridized carbons (Fsp3) is 0.250.